The summed E-state index contributed by atoms with van der Waals surface area (Å²) in [6.07, 6.45) is 6.27. The maximum Gasteiger partial charge on any atom is 0.193 e. The molecule has 2 rings (SSSR count). The second-order valence-electron chi connectivity index (χ2n) is 7.57. The number of ether oxygens (including phenoxy) is 2. The van der Waals surface area contributed by atoms with Crippen LogP contribution >= 0.6 is 0 Å². The Morgan fingerprint density at radius 3 is 2.83 bits per heavy atom. The van der Waals surface area contributed by atoms with Crippen LogP contribution in [-0.4, -0.2) is 75.9 Å². The summed E-state index contributed by atoms with van der Waals surface area (Å²) < 4.78 is 11.4. The number of benzene rings is 1. The van der Waals surface area contributed by atoms with Gasteiger partial charge in [0.2, 0.25) is 0 Å². The van der Waals surface area contributed by atoms with Crippen LogP contribution in [0, 0.1) is 0 Å². The number of allylic oxidation sites excluding steroid dienone is 1. The number of hydrogen-bond acceptors (Lipinski definition) is 4. The molecule has 1 heterocycles. The van der Waals surface area contributed by atoms with Crippen molar-refractivity contribution in [2.75, 3.05) is 54.1 Å². The van der Waals surface area contributed by atoms with Crippen LogP contribution < -0.4 is 10.1 Å². The van der Waals surface area contributed by atoms with Crippen molar-refractivity contribution in [3.8, 4) is 5.75 Å². The lowest BCUT2D eigenvalue weighted by atomic mass is 10.1. The monoisotopic (exact) mass is 402 g/mol. The van der Waals surface area contributed by atoms with Gasteiger partial charge in [-0.05, 0) is 50.4 Å². The van der Waals surface area contributed by atoms with E-state index < -0.39 is 0 Å². The van der Waals surface area contributed by atoms with E-state index in [0.717, 1.165) is 70.2 Å². The number of hydrogen-bond donors (Lipinski definition) is 1. The Labute approximate surface area is 176 Å². The Balaban J connectivity index is 1.75. The molecule has 1 fully saturated rings. The van der Waals surface area contributed by atoms with Gasteiger partial charge in [0.1, 0.15) is 12.4 Å². The third-order valence-corrected chi connectivity index (χ3v) is 5.35. The topological polar surface area (TPSA) is 49.3 Å². The standard InChI is InChI=1S/C23H38N4O2/c1-5-6-7-13-27(4)23(24-2)25-19-20-9-8-10-22(18-20)29-17-14-26(3)21-11-15-28-16-12-21/h5,8-10,18,21H,1,6-7,11-17,19H2,2-4H3,(H,24,25). The van der Waals surface area contributed by atoms with Gasteiger partial charge in [-0.2, -0.15) is 0 Å². The molecule has 1 aromatic rings. The molecule has 6 heteroatoms. The number of aliphatic imine (C=N–C) groups is 1. The highest BCUT2D eigenvalue weighted by atomic mass is 16.5. The van der Waals surface area contributed by atoms with Crippen LogP contribution in [-0.2, 0) is 11.3 Å². The van der Waals surface area contributed by atoms with E-state index in [2.05, 4.69) is 52.9 Å². The molecule has 0 spiro atoms. The molecule has 1 aliphatic rings. The van der Waals surface area contributed by atoms with Crippen LogP contribution in [0.2, 0.25) is 0 Å². The maximum absolute atomic E-state index is 6.00. The van der Waals surface area contributed by atoms with Crippen LogP contribution in [0.15, 0.2) is 41.9 Å². The van der Waals surface area contributed by atoms with Crippen molar-refractivity contribution in [3.05, 3.63) is 42.5 Å². The Morgan fingerprint density at radius 2 is 2.10 bits per heavy atom. The first-order valence-corrected chi connectivity index (χ1v) is 10.7. The predicted octanol–water partition coefficient (Wildman–Crippen LogP) is 3.15. The summed E-state index contributed by atoms with van der Waals surface area (Å²) in [7, 11) is 6.06. The van der Waals surface area contributed by atoms with E-state index in [1.807, 2.05) is 25.3 Å². The molecule has 0 saturated carbocycles. The first kappa shape index (κ1) is 23.2. The molecule has 0 aliphatic carbocycles. The SMILES string of the molecule is C=CCCCN(C)C(=NC)NCc1cccc(OCCN(C)C2CCOCC2)c1. The van der Waals surface area contributed by atoms with E-state index in [9.17, 15) is 0 Å². The molecule has 1 saturated heterocycles. The molecule has 1 N–H and O–H groups in total. The Hall–Kier alpha value is -2.05. The number of likely N-dealkylation sites (N-methyl/N-ethyl adjacent to an activating group) is 1. The smallest absolute Gasteiger partial charge is 0.193 e. The van der Waals surface area contributed by atoms with E-state index in [1.54, 1.807) is 0 Å². The van der Waals surface area contributed by atoms with Crippen LogP contribution in [0.3, 0.4) is 0 Å². The Morgan fingerprint density at radius 1 is 1.31 bits per heavy atom. The molecule has 0 bridgehead atoms. The summed E-state index contributed by atoms with van der Waals surface area (Å²) in [6.45, 7) is 8.81. The lowest BCUT2D eigenvalue weighted by Gasteiger charge is -2.31. The van der Waals surface area contributed by atoms with Crippen LogP contribution in [0.25, 0.3) is 0 Å². The van der Waals surface area contributed by atoms with Gasteiger partial charge in [0, 0.05) is 53.0 Å². The van der Waals surface area contributed by atoms with Gasteiger partial charge in [-0.3, -0.25) is 9.89 Å². The minimum atomic E-state index is 0.609. The normalized spacial score (nSPS) is 15.4. The average Bonchev–Trinajstić information content (AvgIpc) is 2.75. The second kappa shape index (κ2) is 13.2. The summed E-state index contributed by atoms with van der Waals surface area (Å²) in [5.41, 5.74) is 1.18. The van der Waals surface area contributed by atoms with E-state index in [1.165, 1.54) is 5.56 Å². The lowest BCUT2D eigenvalue weighted by molar-refractivity contribution is 0.0392. The fourth-order valence-electron chi connectivity index (χ4n) is 3.51. The first-order chi connectivity index (χ1) is 14.1. The predicted molar refractivity (Wildman–Crippen MR) is 121 cm³/mol. The fourth-order valence-corrected chi connectivity index (χ4v) is 3.51. The fraction of sp³-hybridized carbons (Fsp3) is 0.609. The summed E-state index contributed by atoms with van der Waals surface area (Å²) in [5.74, 6) is 1.82. The molecule has 0 radical (unpaired) electrons. The van der Waals surface area contributed by atoms with Crippen molar-refractivity contribution in [2.45, 2.75) is 38.3 Å². The summed E-state index contributed by atoms with van der Waals surface area (Å²) >= 11 is 0. The third kappa shape index (κ3) is 8.46. The second-order valence-corrected chi connectivity index (χ2v) is 7.57. The summed E-state index contributed by atoms with van der Waals surface area (Å²) in [6, 6.07) is 8.89. The van der Waals surface area contributed by atoms with Crippen molar-refractivity contribution in [1.29, 1.82) is 0 Å². The van der Waals surface area contributed by atoms with Crippen molar-refractivity contribution in [2.24, 2.45) is 4.99 Å². The number of rotatable bonds is 11. The first-order valence-electron chi connectivity index (χ1n) is 10.7. The van der Waals surface area contributed by atoms with Crippen LogP contribution in [0.5, 0.6) is 5.75 Å². The zero-order valence-corrected chi connectivity index (χ0v) is 18.4. The van der Waals surface area contributed by atoms with E-state index in [4.69, 9.17) is 9.47 Å². The van der Waals surface area contributed by atoms with Gasteiger partial charge in [0.15, 0.2) is 5.96 Å². The van der Waals surface area contributed by atoms with Gasteiger partial charge in [-0.25, -0.2) is 0 Å². The number of nitrogens with one attached hydrogen (secondary N) is 1. The van der Waals surface area contributed by atoms with E-state index in [-0.39, 0.29) is 0 Å². The molecular weight excluding hydrogens is 364 g/mol. The highest BCUT2D eigenvalue weighted by Crippen LogP contribution is 2.15. The number of nitrogens with zero attached hydrogens (tertiary/aromatic N) is 3. The molecule has 0 aromatic heterocycles. The van der Waals surface area contributed by atoms with Gasteiger partial charge in [-0.15, -0.1) is 6.58 Å². The molecular formula is C23H38N4O2. The van der Waals surface area contributed by atoms with Gasteiger partial charge < -0.3 is 19.7 Å². The largest absolute Gasteiger partial charge is 0.492 e. The van der Waals surface area contributed by atoms with Gasteiger partial charge in [-0.1, -0.05) is 18.2 Å². The maximum atomic E-state index is 6.00. The molecule has 6 nitrogen and oxygen atoms in total. The molecule has 0 atom stereocenters. The highest BCUT2D eigenvalue weighted by Gasteiger charge is 2.18. The molecule has 1 aromatic carbocycles. The quantitative estimate of drug-likeness (QED) is 0.267. The molecule has 0 unspecified atom stereocenters. The van der Waals surface area contributed by atoms with Crippen molar-refractivity contribution in [1.82, 2.24) is 15.1 Å². The van der Waals surface area contributed by atoms with Crippen LogP contribution in [0.4, 0.5) is 0 Å². The van der Waals surface area contributed by atoms with Crippen molar-refractivity contribution < 1.29 is 9.47 Å². The number of unbranched alkanes of at least 4 members (excludes halogenated alkanes) is 1. The minimum Gasteiger partial charge on any atom is -0.492 e. The summed E-state index contributed by atoms with van der Waals surface area (Å²) in [5, 5.41) is 3.43. The van der Waals surface area contributed by atoms with Crippen molar-refractivity contribution in [3.63, 3.8) is 0 Å². The van der Waals surface area contributed by atoms with Gasteiger partial charge >= 0.3 is 0 Å². The zero-order valence-electron chi connectivity index (χ0n) is 18.4. The Bertz CT molecular complexity index is 629. The molecule has 1 aliphatic heterocycles. The Kier molecular flexibility index (Phi) is 10.6. The summed E-state index contributed by atoms with van der Waals surface area (Å²) in [4.78, 5) is 8.92. The lowest BCUT2D eigenvalue weighted by Crippen LogP contribution is -2.39. The molecule has 29 heavy (non-hydrogen) atoms. The zero-order chi connectivity index (χ0) is 20.9. The third-order valence-electron chi connectivity index (χ3n) is 5.35. The van der Waals surface area contributed by atoms with E-state index in [0.29, 0.717) is 12.6 Å². The van der Waals surface area contributed by atoms with E-state index >= 15 is 0 Å². The minimum absolute atomic E-state index is 0.609. The van der Waals surface area contributed by atoms with Crippen molar-refractivity contribution >= 4 is 5.96 Å². The number of guanidine groups is 1. The van der Waals surface area contributed by atoms with Crippen LogP contribution in [0.1, 0.15) is 31.2 Å². The highest BCUT2D eigenvalue weighted by molar-refractivity contribution is 5.79. The van der Waals surface area contributed by atoms with Gasteiger partial charge in [0.05, 0.1) is 0 Å². The molecule has 162 valence electrons. The molecule has 0 amide bonds. The average molecular weight is 403 g/mol. The van der Waals surface area contributed by atoms with Gasteiger partial charge in [0.25, 0.3) is 0 Å².